The van der Waals surface area contributed by atoms with Gasteiger partial charge >= 0.3 is 6.09 Å². The molecule has 1 heterocycles. The normalized spacial score (nSPS) is 16.3. The molecule has 0 aliphatic heterocycles. The van der Waals surface area contributed by atoms with Gasteiger partial charge in [0.1, 0.15) is 6.04 Å². The van der Waals surface area contributed by atoms with Crippen molar-refractivity contribution in [3.8, 4) is 0 Å². The first kappa shape index (κ1) is 37.0. The Balaban J connectivity index is 1.87. The summed E-state index contributed by atoms with van der Waals surface area (Å²) < 4.78 is 5.78. The fourth-order valence-electron chi connectivity index (χ4n) is 6.17. The molecule has 256 valence electrons. The topological polar surface area (TPSA) is 148 Å². The first-order valence-corrected chi connectivity index (χ1v) is 17.0. The molecule has 11 nitrogen and oxygen atoms in total. The van der Waals surface area contributed by atoms with Gasteiger partial charge in [-0.25, -0.2) is 9.78 Å². The minimum absolute atomic E-state index is 0.0732. The summed E-state index contributed by atoms with van der Waals surface area (Å²) in [5.74, 6) is -0.0627. The van der Waals surface area contributed by atoms with Crippen molar-refractivity contribution in [3.05, 3.63) is 54.1 Å². The summed E-state index contributed by atoms with van der Waals surface area (Å²) in [4.78, 5) is 51.2. The monoisotopic (exact) mass is 641 g/mol. The Bertz CT molecular complexity index is 1170. The van der Waals surface area contributed by atoms with Crippen molar-refractivity contribution in [3.63, 3.8) is 0 Å². The lowest BCUT2D eigenvalue weighted by Gasteiger charge is -2.34. The van der Waals surface area contributed by atoms with Gasteiger partial charge in [0.15, 0.2) is 6.10 Å². The number of carbonyl (C=O) groups is 3. The van der Waals surface area contributed by atoms with Crippen molar-refractivity contribution >= 4 is 17.9 Å². The smallest absolute Gasteiger partial charge is 0.410 e. The van der Waals surface area contributed by atoms with E-state index in [1.54, 1.807) is 20.2 Å². The zero-order valence-corrected chi connectivity index (χ0v) is 28.1. The molecule has 4 N–H and O–H groups in total. The first-order chi connectivity index (χ1) is 22.1. The van der Waals surface area contributed by atoms with E-state index < -0.39 is 36.3 Å². The highest BCUT2D eigenvalue weighted by Crippen LogP contribution is 2.29. The van der Waals surface area contributed by atoms with E-state index in [9.17, 15) is 24.6 Å². The highest BCUT2D eigenvalue weighted by Gasteiger charge is 2.36. The Morgan fingerprint density at radius 3 is 2.41 bits per heavy atom. The van der Waals surface area contributed by atoms with Gasteiger partial charge in [0, 0.05) is 44.9 Å². The van der Waals surface area contributed by atoms with Crippen LogP contribution in [0.15, 0.2) is 42.9 Å². The molecule has 1 fully saturated rings. The van der Waals surface area contributed by atoms with Gasteiger partial charge in [0.05, 0.1) is 25.1 Å². The summed E-state index contributed by atoms with van der Waals surface area (Å²) >= 11 is 0. The molecule has 0 bridgehead atoms. The minimum Gasteiger partial charge on any atom is -0.436 e. The Morgan fingerprint density at radius 2 is 1.80 bits per heavy atom. The van der Waals surface area contributed by atoms with Crippen LogP contribution in [0.1, 0.15) is 83.4 Å². The van der Waals surface area contributed by atoms with Crippen LogP contribution in [0.25, 0.3) is 0 Å². The van der Waals surface area contributed by atoms with Crippen molar-refractivity contribution in [2.45, 2.75) is 109 Å². The molecule has 1 saturated carbocycles. The zero-order chi connectivity index (χ0) is 33.5. The number of H-pyrrole nitrogens is 1. The number of benzene rings is 1. The predicted molar refractivity (Wildman–Crippen MR) is 177 cm³/mol. The SMILES string of the molecule is CCN(CCO)C(=O)O[C@@H](Cc1ccccc1)C(=O)N(C)[C@@H](Cc1cnc[nH]1)C(=O)N[C@@H](CC1CCCCC1)[C@@H](O)CCC(C)C. The standard InChI is InChI=1S/C35H55N5O6/c1-5-40(18-19-41)35(45)46-32(21-27-14-10-7-11-15-27)34(44)39(4)30(22-28-23-36-24-37-28)33(43)38-29(31(42)17-16-25(2)3)20-26-12-8-6-9-13-26/h7,10-11,14-15,23-26,29-32,41-42H,5-6,8-9,12-13,16-22H2,1-4H3,(H,36,37)(H,38,43)/t29-,30-,31-,32-/m0/s1. The highest BCUT2D eigenvalue weighted by molar-refractivity contribution is 5.90. The van der Waals surface area contributed by atoms with Crippen LogP contribution < -0.4 is 5.32 Å². The van der Waals surface area contributed by atoms with Crippen LogP contribution in [0.2, 0.25) is 0 Å². The van der Waals surface area contributed by atoms with Crippen LogP contribution in [-0.4, -0.2) is 98.9 Å². The van der Waals surface area contributed by atoms with Crippen LogP contribution in [0.4, 0.5) is 4.79 Å². The highest BCUT2D eigenvalue weighted by atomic mass is 16.6. The lowest BCUT2D eigenvalue weighted by atomic mass is 9.83. The van der Waals surface area contributed by atoms with E-state index in [-0.39, 0.29) is 31.9 Å². The van der Waals surface area contributed by atoms with Crippen LogP contribution >= 0.6 is 0 Å². The molecule has 3 amide bonds. The molecular formula is C35H55N5O6. The van der Waals surface area contributed by atoms with Gasteiger partial charge in [-0.05, 0) is 43.6 Å². The molecular weight excluding hydrogens is 586 g/mol. The average molecular weight is 642 g/mol. The molecule has 1 aromatic heterocycles. The Morgan fingerprint density at radius 1 is 1.09 bits per heavy atom. The molecule has 1 aliphatic rings. The number of rotatable bonds is 18. The quantitative estimate of drug-likeness (QED) is 0.192. The number of likely N-dealkylation sites (N-methyl/N-ethyl adjacent to an activating group) is 2. The lowest BCUT2D eigenvalue weighted by Crippen LogP contribution is -2.56. The lowest BCUT2D eigenvalue weighted by molar-refractivity contribution is -0.146. The van der Waals surface area contributed by atoms with Crippen LogP contribution in [0.5, 0.6) is 0 Å². The number of hydrogen-bond donors (Lipinski definition) is 4. The summed E-state index contributed by atoms with van der Waals surface area (Å²) in [5.41, 5.74) is 1.46. The molecule has 1 aliphatic carbocycles. The largest absolute Gasteiger partial charge is 0.436 e. The molecule has 2 aromatic rings. The molecule has 0 saturated heterocycles. The Hall–Kier alpha value is -3.44. The van der Waals surface area contributed by atoms with E-state index in [0.717, 1.165) is 37.7 Å². The van der Waals surface area contributed by atoms with Crippen molar-refractivity contribution in [2.75, 3.05) is 26.7 Å². The summed E-state index contributed by atoms with van der Waals surface area (Å²) in [5, 5.41) is 23.9. The third-order valence-corrected chi connectivity index (χ3v) is 9.02. The Kier molecular flexibility index (Phi) is 15.5. The number of carbonyl (C=O) groups excluding carboxylic acids is 3. The third kappa shape index (κ3) is 11.7. The van der Waals surface area contributed by atoms with Crippen LogP contribution in [0.3, 0.4) is 0 Å². The molecule has 0 unspecified atom stereocenters. The number of hydrogen-bond acceptors (Lipinski definition) is 7. The van der Waals surface area contributed by atoms with Crippen molar-refractivity contribution in [1.29, 1.82) is 0 Å². The van der Waals surface area contributed by atoms with Gasteiger partial charge in [-0.2, -0.15) is 0 Å². The number of aromatic nitrogens is 2. The second-order valence-corrected chi connectivity index (χ2v) is 13.0. The van der Waals surface area contributed by atoms with Gasteiger partial charge in [-0.3, -0.25) is 9.59 Å². The first-order valence-electron chi connectivity index (χ1n) is 17.0. The number of imidazole rings is 1. The van der Waals surface area contributed by atoms with Gasteiger partial charge in [0.25, 0.3) is 5.91 Å². The maximum Gasteiger partial charge on any atom is 0.410 e. The average Bonchev–Trinajstić information content (AvgIpc) is 3.58. The van der Waals surface area contributed by atoms with Gasteiger partial charge < -0.3 is 35.1 Å². The molecule has 11 heteroatoms. The van der Waals surface area contributed by atoms with Gasteiger partial charge in [-0.1, -0.05) is 76.3 Å². The number of aliphatic hydroxyl groups is 2. The van der Waals surface area contributed by atoms with Crippen LogP contribution in [0, 0.1) is 11.8 Å². The summed E-state index contributed by atoms with van der Waals surface area (Å²) in [6.07, 6.45) is 8.57. The fourth-order valence-corrected chi connectivity index (χ4v) is 6.17. The van der Waals surface area contributed by atoms with E-state index >= 15 is 0 Å². The molecule has 0 spiro atoms. The van der Waals surface area contributed by atoms with E-state index in [1.165, 1.54) is 22.5 Å². The third-order valence-electron chi connectivity index (χ3n) is 9.02. The van der Waals surface area contributed by atoms with Crippen molar-refractivity contribution < 1.29 is 29.3 Å². The molecule has 1 aromatic carbocycles. The number of amides is 3. The minimum atomic E-state index is -1.21. The number of aromatic amines is 1. The fraction of sp³-hybridized carbons (Fsp3) is 0.657. The zero-order valence-electron chi connectivity index (χ0n) is 28.1. The number of nitrogens with one attached hydrogen (secondary N) is 2. The molecule has 46 heavy (non-hydrogen) atoms. The van der Waals surface area contributed by atoms with Crippen LogP contribution in [-0.2, 0) is 27.2 Å². The molecule has 4 atom stereocenters. The van der Waals surface area contributed by atoms with E-state index in [4.69, 9.17) is 4.74 Å². The van der Waals surface area contributed by atoms with Crippen molar-refractivity contribution in [1.82, 2.24) is 25.1 Å². The summed E-state index contributed by atoms with van der Waals surface area (Å²) in [6, 6.07) is 7.84. The number of nitrogens with zero attached hydrogens (tertiary/aromatic N) is 3. The number of aliphatic hydroxyl groups excluding tert-OH is 2. The van der Waals surface area contributed by atoms with Gasteiger partial charge in [0.2, 0.25) is 5.91 Å². The van der Waals surface area contributed by atoms with E-state index in [0.29, 0.717) is 36.9 Å². The second-order valence-electron chi connectivity index (χ2n) is 13.0. The number of ether oxygens (including phenoxy) is 1. The van der Waals surface area contributed by atoms with E-state index in [1.807, 2.05) is 30.3 Å². The maximum atomic E-state index is 14.2. The maximum absolute atomic E-state index is 14.2. The van der Waals surface area contributed by atoms with Gasteiger partial charge in [-0.15, -0.1) is 0 Å². The van der Waals surface area contributed by atoms with E-state index in [2.05, 4.69) is 29.1 Å². The summed E-state index contributed by atoms with van der Waals surface area (Å²) in [7, 11) is 1.55. The van der Waals surface area contributed by atoms with Crippen molar-refractivity contribution in [2.24, 2.45) is 11.8 Å². The molecule has 0 radical (unpaired) electrons. The summed E-state index contributed by atoms with van der Waals surface area (Å²) in [6.45, 7) is 6.13. The molecule has 3 rings (SSSR count). The Labute approximate surface area is 274 Å². The second kappa shape index (κ2) is 19.3. The predicted octanol–water partition coefficient (Wildman–Crippen LogP) is 4.09.